The zero-order valence-corrected chi connectivity index (χ0v) is 12.5. The number of amides is 1. The SMILES string of the molecule is CCC(CC)(CO)CNC(=O)Cc1ccccc1[N+](=O)[O-]. The number of carbonyl (C=O) groups excluding carboxylic acids is 1. The van der Waals surface area contributed by atoms with E-state index in [2.05, 4.69) is 5.32 Å². The van der Waals surface area contributed by atoms with Crippen LogP contribution in [0.25, 0.3) is 0 Å². The molecule has 0 aliphatic rings. The fourth-order valence-corrected chi connectivity index (χ4v) is 2.14. The molecular formula is C15H22N2O4. The maximum absolute atomic E-state index is 12.0. The lowest BCUT2D eigenvalue weighted by molar-refractivity contribution is -0.385. The van der Waals surface area contributed by atoms with Crippen molar-refractivity contribution < 1.29 is 14.8 Å². The molecule has 0 bridgehead atoms. The third kappa shape index (κ3) is 4.53. The van der Waals surface area contributed by atoms with E-state index in [1.165, 1.54) is 6.07 Å². The summed E-state index contributed by atoms with van der Waals surface area (Å²) in [5.74, 6) is -0.274. The highest BCUT2D eigenvalue weighted by Gasteiger charge is 2.26. The molecule has 1 aromatic carbocycles. The summed E-state index contributed by atoms with van der Waals surface area (Å²) in [6.45, 7) is 4.31. The third-order valence-corrected chi connectivity index (χ3v) is 4.04. The van der Waals surface area contributed by atoms with Crippen LogP contribution in [0.1, 0.15) is 32.3 Å². The number of hydrogen-bond donors (Lipinski definition) is 2. The van der Waals surface area contributed by atoms with Gasteiger partial charge in [-0.05, 0) is 12.8 Å². The van der Waals surface area contributed by atoms with Gasteiger partial charge < -0.3 is 10.4 Å². The second kappa shape index (κ2) is 7.73. The van der Waals surface area contributed by atoms with Crippen LogP contribution in [0.4, 0.5) is 5.69 Å². The van der Waals surface area contributed by atoms with Gasteiger partial charge in [-0.15, -0.1) is 0 Å². The van der Waals surface area contributed by atoms with Gasteiger partial charge in [-0.25, -0.2) is 0 Å². The largest absolute Gasteiger partial charge is 0.396 e. The highest BCUT2D eigenvalue weighted by molar-refractivity contribution is 5.79. The minimum atomic E-state index is -0.487. The topological polar surface area (TPSA) is 92.5 Å². The highest BCUT2D eigenvalue weighted by Crippen LogP contribution is 2.24. The maximum atomic E-state index is 12.0. The fraction of sp³-hybridized carbons (Fsp3) is 0.533. The van der Waals surface area contributed by atoms with Gasteiger partial charge in [-0.1, -0.05) is 32.0 Å². The molecule has 2 N–H and O–H groups in total. The van der Waals surface area contributed by atoms with Crippen LogP contribution in [0.15, 0.2) is 24.3 Å². The van der Waals surface area contributed by atoms with Gasteiger partial charge in [0.25, 0.3) is 5.69 Å². The van der Waals surface area contributed by atoms with Gasteiger partial charge in [0, 0.05) is 23.6 Å². The Morgan fingerprint density at radius 2 is 1.95 bits per heavy atom. The molecule has 0 heterocycles. The summed E-state index contributed by atoms with van der Waals surface area (Å²) >= 11 is 0. The highest BCUT2D eigenvalue weighted by atomic mass is 16.6. The summed E-state index contributed by atoms with van der Waals surface area (Å²) in [5.41, 5.74) is 0.0211. The second-order valence-electron chi connectivity index (χ2n) is 5.20. The van der Waals surface area contributed by atoms with Crippen LogP contribution in [0, 0.1) is 15.5 Å². The molecule has 0 fully saturated rings. The van der Waals surface area contributed by atoms with Crippen molar-refractivity contribution in [2.24, 2.45) is 5.41 Å². The first kappa shape index (κ1) is 17.1. The first-order chi connectivity index (χ1) is 9.98. The average Bonchev–Trinajstić information content (AvgIpc) is 2.49. The van der Waals surface area contributed by atoms with Crippen molar-refractivity contribution in [3.8, 4) is 0 Å². The smallest absolute Gasteiger partial charge is 0.273 e. The molecule has 0 unspecified atom stereocenters. The summed E-state index contributed by atoms with van der Waals surface area (Å²) in [4.78, 5) is 22.4. The average molecular weight is 294 g/mol. The summed E-state index contributed by atoms with van der Waals surface area (Å²) in [7, 11) is 0. The summed E-state index contributed by atoms with van der Waals surface area (Å²) in [6, 6.07) is 6.21. The molecule has 6 heteroatoms. The number of hydrogen-bond acceptors (Lipinski definition) is 4. The van der Waals surface area contributed by atoms with Gasteiger partial charge in [-0.3, -0.25) is 14.9 Å². The number of aliphatic hydroxyl groups is 1. The number of nitro benzene ring substituents is 1. The normalized spacial score (nSPS) is 11.2. The predicted molar refractivity (Wildman–Crippen MR) is 79.9 cm³/mol. The summed E-state index contributed by atoms with van der Waals surface area (Å²) < 4.78 is 0. The molecule has 6 nitrogen and oxygen atoms in total. The second-order valence-corrected chi connectivity index (χ2v) is 5.20. The van der Waals surface area contributed by atoms with Crippen LogP contribution >= 0.6 is 0 Å². The van der Waals surface area contributed by atoms with Crippen molar-refractivity contribution in [1.82, 2.24) is 5.32 Å². The predicted octanol–water partition coefficient (Wildman–Crippen LogP) is 2.05. The number of benzene rings is 1. The molecule has 0 saturated carbocycles. The van der Waals surface area contributed by atoms with E-state index in [0.717, 1.165) is 12.8 Å². The molecule has 0 aliphatic heterocycles. The number of nitrogens with zero attached hydrogens (tertiary/aromatic N) is 1. The van der Waals surface area contributed by atoms with E-state index in [1.54, 1.807) is 18.2 Å². The quantitative estimate of drug-likeness (QED) is 0.567. The maximum Gasteiger partial charge on any atom is 0.273 e. The van der Waals surface area contributed by atoms with Crippen molar-refractivity contribution in [2.75, 3.05) is 13.2 Å². The van der Waals surface area contributed by atoms with Crippen LogP contribution < -0.4 is 5.32 Å². The van der Waals surface area contributed by atoms with Crippen LogP contribution in [-0.4, -0.2) is 29.1 Å². The number of nitrogens with one attached hydrogen (secondary N) is 1. The minimum Gasteiger partial charge on any atom is -0.396 e. The Labute approximate surface area is 124 Å². The molecule has 1 aromatic rings. The van der Waals surface area contributed by atoms with E-state index in [1.807, 2.05) is 13.8 Å². The molecule has 1 rings (SSSR count). The monoisotopic (exact) mass is 294 g/mol. The Hall–Kier alpha value is -1.95. The molecule has 0 atom stereocenters. The fourth-order valence-electron chi connectivity index (χ4n) is 2.14. The van der Waals surface area contributed by atoms with Gasteiger partial charge in [0.05, 0.1) is 18.0 Å². The molecule has 0 spiro atoms. The van der Waals surface area contributed by atoms with Crippen molar-refractivity contribution >= 4 is 11.6 Å². The van der Waals surface area contributed by atoms with Crippen molar-refractivity contribution in [1.29, 1.82) is 0 Å². The molecular weight excluding hydrogens is 272 g/mol. The number of para-hydroxylation sites is 1. The first-order valence-electron chi connectivity index (χ1n) is 7.08. The van der Waals surface area contributed by atoms with Crippen LogP contribution in [0.3, 0.4) is 0 Å². The molecule has 0 aliphatic carbocycles. The Balaban J connectivity index is 2.69. The lowest BCUT2D eigenvalue weighted by atomic mass is 9.83. The Kier molecular flexibility index (Phi) is 6.30. The van der Waals surface area contributed by atoms with Gasteiger partial charge in [0.15, 0.2) is 0 Å². The van der Waals surface area contributed by atoms with E-state index in [9.17, 15) is 20.0 Å². The van der Waals surface area contributed by atoms with Crippen molar-refractivity contribution in [3.05, 3.63) is 39.9 Å². The molecule has 0 saturated heterocycles. The lowest BCUT2D eigenvalue weighted by Crippen LogP contribution is -2.40. The summed E-state index contributed by atoms with van der Waals surface area (Å²) in [5, 5.41) is 23.1. The van der Waals surface area contributed by atoms with Gasteiger partial charge >= 0.3 is 0 Å². The van der Waals surface area contributed by atoms with Gasteiger partial charge in [0.2, 0.25) is 5.91 Å². The summed E-state index contributed by atoms with van der Waals surface area (Å²) in [6.07, 6.45) is 1.48. The number of carbonyl (C=O) groups is 1. The number of nitro groups is 1. The Morgan fingerprint density at radius 3 is 2.48 bits per heavy atom. The molecule has 1 amide bonds. The molecule has 0 radical (unpaired) electrons. The Morgan fingerprint density at radius 1 is 1.33 bits per heavy atom. The van der Waals surface area contributed by atoms with E-state index in [4.69, 9.17) is 0 Å². The van der Waals surface area contributed by atoms with Gasteiger partial charge in [0.1, 0.15) is 0 Å². The first-order valence-corrected chi connectivity index (χ1v) is 7.08. The van der Waals surface area contributed by atoms with E-state index >= 15 is 0 Å². The standard InChI is InChI=1S/C15H22N2O4/c1-3-15(4-2,11-18)10-16-14(19)9-12-7-5-6-8-13(12)17(20)21/h5-8,18H,3-4,9-11H2,1-2H3,(H,16,19). The number of rotatable bonds is 8. The van der Waals surface area contributed by atoms with Gasteiger partial charge in [-0.2, -0.15) is 0 Å². The van der Waals surface area contributed by atoms with Crippen LogP contribution in [0.5, 0.6) is 0 Å². The number of aliphatic hydroxyl groups excluding tert-OH is 1. The van der Waals surface area contributed by atoms with Crippen molar-refractivity contribution in [3.63, 3.8) is 0 Å². The lowest BCUT2D eigenvalue weighted by Gasteiger charge is -2.29. The molecule has 21 heavy (non-hydrogen) atoms. The zero-order chi connectivity index (χ0) is 15.9. The van der Waals surface area contributed by atoms with Crippen molar-refractivity contribution in [2.45, 2.75) is 33.1 Å². The molecule has 116 valence electrons. The van der Waals surface area contributed by atoms with Crippen LogP contribution in [-0.2, 0) is 11.2 Å². The zero-order valence-electron chi connectivity index (χ0n) is 12.5. The Bertz CT molecular complexity index is 490. The minimum absolute atomic E-state index is 0.00572. The molecule has 0 aromatic heterocycles. The van der Waals surface area contributed by atoms with E-state index < -0.39 is 4.92 Å². The van der Waals surface area contributed by atoms with E-state index in [0.29, 0.717) is 12.1 Å². The third-order valence-electron chi connectivity index (χ3n) is 4.04. The van der Waals surface area contributed by atoms with Crippen LogP contribution in [0.2, 0.25) is 0 Å². The van der Waals surface area contributed by atoms with E-state index in [-0.39, 0.29) is 30.0 Å².